The van der Waals surface area contributed by atoms with Gasteiger partial charge in [-0.25, -0.2) is 9.59 Å². The average Bonchev–Trinajstić information content (AvgIpc) is 3.19. The molecule has 3 aromatic rings. The zero-order valence-corrected chi connectivity index (χ0v) is 34.3. The van der Waals surface area contributed by atoms with Crippen molar-refractivity contribution in [2.24, 2.45) is 5.92 Å². The van der Waals surface area contributed by atoms with E-state index in [1.165, 1.54) is 49.7 Å². The fourth-order valence-corrected chi connectivity index (χ4v) is 7.66. The largest absolute Gasteiger partial charge is 0.490 e. The van der Waals surface area contributed by atoms with E-state index in [9.17, 15) is 19.8 Å². The Hall–Kier alpha value is -4.40. The van der Waals surface area contributed by atoms with Gasteiger partial charge >= 0.3 is 11.9 Å². The SMILES string of the molecule is C=C(C)C(=O)OCCOc1ccc(-c2cc(-c3ccc(C4CCC(CCC)CC4)cc3C)cc(OCCOC(=O)C(=C)C)c2CCCCCO)cc1CCCO. The van der Waals surface area contributed by atoms with E-state index >= 15 is 0 Å². The fourth-order valence-electron chi connectivity index (χ4n) is 7.66. The fraction of sp³-hybridized carbons (Fsp3) is 0.500. The molecule has 4 rings (SSSR count). The number of carbonyl (C=O) groups excluding carboxylic acids is 2. The van der Waals surface area contributed by atoms with Gasteiger partial charge in [0.2, 0.25) is 0 Å². The summed E-state index contributed by atoms with van der Waals surface area (Å²) >= 11 is 0. The highest BCUT2D eigenvalue weighted by Crippen LogP contribution is 2.42. The second kappa shape index (κ2) is 23.0. The van der Waals surface area contributed by atoms with Crippen molar-refractivity contribution in [2.75, 3.05) is 39.6 Å². The van der Waals surface area contributed by atoms with Crippen molar-refractivity contribution < 1.29 is 38.7 Å². The molecule has 8 heteroatoms. The summed E-state index contributed by atoms with van der Waals surface area (Å²) in [4.78, 5) is 24.0. The summed E-state index contributed by atoms with van der Waals surface area (Å²) in [6, 6.07) is 17.4. The Morgan fingerprint density at radius 3 is 1.96 bits per heavy atom. The topological polar surface area (TPSA) is 112 Å². The van der Waals surface area contributed by atoms with Crippen LogP contribution < -0.4 is 9.47 Å². The van der Waals surface area contributed by atoms with Crippen LogP contribution in [0.3, 0.4) is 0 Å². The first-order valence-corrected chi connectivity index (χ1v) is 20.6. The van der Waals surface area contributed by atoms with Gasteiger partial charge in [-0.3, -0.25) is 0 Å². The van der Waals surface area contributed by atoms with E-state index < -0.39 is 11.9 Å². The van der Waals surface area contributed by atoms with Gasteiger partial charge < -0.3 is 29.2 Å². The molecule has 56 heavy (non-hydrogen) atoms. The Bertz CT molecular complexity index is 1770. The Morgan fingerprint density at radius 1 is 0.696 bits per heavy atom. The molecule has 0 aliphatic heterocycles. The predicted octanol–water partition coefficient (Wildman–Crippen LogP) is 10.0. The maximum absolute atomic E-state index is 12.2. The number of hydrogen-bond donors (Lipinski definition) is 2. The third-order valence-electron chi connectivity index (χ3n) is 10.7. The summed E-state index contributed by atoms with van der Waals surface area (Å²) in [6.45, 7) is 15.7. The first kappa shape index (κ1) is 44.3. The molecular weight excluding hydrogens is 705 g/mol. The Morgan fingerprint density at radius 2 is 1.36 bits per heavy atom. The second-order valence-electron chi connectivity index (χ2n) is 15.3. The molecule has 0 radical (unpaired) electrons. The van der Waals surface area contributed by atoms with Crippen LogP contribution in [0.5, 0.6) is 11.5 Å². The molecule has 3 aromatic carbocycles. The van der Waals surface area contributed by atoms with Crippen molar-refractivity contribution in [2.45, 2.75) is 111 Å². The second-order valence-corrected chi connectivity index (χ2v) is 15.3. The standard InChI is InChI=1S/C48H64O8/c1-7-12-36-15-17-37(18-16-36)38-19-21-42(35(6)29-38)41-31-44(43(14-9-8-10-23-49)46(32-41)54-26-28-56-48(52)34(4)5)39-20-22-45(40(30-39)13-11-24-50)53-25-27-55-47(51)33(2)3/h19-22,29-32,36-37,49-50H,2,4,7-18,23-28H2,1,3,5-6H3. The summed E-state index contributed by atoms with van der Waals surface area (Å²) in [7, 11) is 0. The molecule has 1 saturated carbocycles. The maximum Gasteiger partial charge on any atom is 0.333 e. The van der Waals surface area contributed by atoms with Crippen LogP contribution in [0.25, 0.3) is 22.3 Å². The Labute approximate surface area is 334 Å². The van der Waals surface area contributed by atoms with Gasteiger partial charge in [0.1, 0.15) is 37.9 Å². The van der Waals surface area contributed by atoms with Crippen molar-refractivity contribution >= 4 is 11.9 Å². The van der Waals surface area contributed by atoms with Crippen molar-refractivity contribution in [1.29, 1.82) is 0 Å². The molecule has 2 N–H and O–H groups in total. The van der Waals surface area contributed by atoms with Gasteiger partial charge in [-0.15, -0.1) is 0 Å². The molecule has 0 bridgehead atoms. The monoisotopic (exact) mass is 768 g/mol. The molecule has 0 amide bonds. The van der Waals surface area contributed by atoms with Gasteiger partial charge in [0.05, 0.1) is 0 Å². The average molecular weight is 769 g/mol. The summed E-state index contributed by atoms with van der Waals surface area (Å²) in [6.07, 6.45) is 12.0. The maximum atomic E-state index is 12.2. The summed E-state index contributed by atoms with van der Waals surface area (Å²) in [5.74, 6) is 1.93. The van der Waals surface area contributed by atoms with Crippen LogP contribution in [0, 0.1) is 12.8 Å². The molecular formula is C48H64O8. The van der Waals surface area contributed by atoms with Gasteiger partial charge in [-0.05, 0) is 154 Å². The van der Waals surface area contributed by atoms with Crippen LogP contribution in [0.1, 0.15) is 113 Å². The first-order valence-electron chi connectivity index (χ1n) is 20.6. The number of carbonyl (C=O) groups is 2. The first-order chi connectivity index (χ1) is 27.1. The van der Waals surface area contributed by atoms with Gasteiger partial charge in [-0.1, -0.05) is 63.6 Å². The number of esters is 2. The van der Waals surface area contributed by atoms with E-state index in [-0.39, 0.29) is 39.6 Å². The Balaban J connectivity index is 1.76. The molecule has 0 heterocycles. The van der Waals surface area contributed by atoms with E-state index in [4.69, 9.17) is 18.9 Å². The van der Waals surface area contributed by atoms with Gasteiger partial charge in [-0.2, -0.15) is 0 Å². The van der Waals surface area contributed by atoms with Gasteiger partial charge in [0, 0.05) is 29.9 Å². The smallest absolute Gasteiger partial charge is 0.333 e. The zero-order chi connectivity index (χ0) is 40.5. The number of ether oxygens (including phenoxy) is 4. The normalized spacial score (nSPS) is 15.2. The third-order valence-corrected chi connectivity index (χ3v) is 10.7. The van der Waals surface area contributed by atoms with Crippen LogP contribution in [-0.2, 0) is 31.9 Å². The highest BCUT2D eigenvalue weighted by atomic mass is 16.6. The van der Waals surface area contributed by atoms with Crippen molar-refractivity contribution in [3.63, 3.8) is 0 Å². The molecule has 0 saturated heterocycles. The minimum Gasteiger partial charge on any atom is -0.490 e. The lowest BCUT2D eigenvalue weighted by Gasteiger charge is -2.29. The summed E-state index contributed by atoms with van der Waals surface area (Å²) in [5.41, 5.74) is 9.41. The van der Waals surface area contributed by atoms with Crippen LogP contribution in [0.15, 0.2) is 72.8 Å². The number of hydrogen-bond acceptors (Lipinski definition) is 8. The number of aryl methyl sites for hydroxylation is 2. The molecule has 1 aliphatic carbocycles. The minimum atomic E-state index is -0.456. The zero-order valence-electron chi connectivity index (χ0n) is 34.3. The number of aliphatic hydroxyl groups excluding tert-OH is 2. The number of aliphatic hydroxyl groups is 2. The van der Waals surface area contributed by atoms with Gasteiger partial charge in [0.15, 0.2) is 0 Å². The molecule has 0 atom stereocenters. The van der Waals surface area contributed by atoms with Crippen LogP contribution in [-0.4, -0.2) is 61.8 Å². The minimum absolute atomic E-state index is 0.0366. The van der Waals surface area contributed by atoms with Crippen molar-refractivity contribution in [3.8, 4) is 33.8 Å². The molecule has 304 valence electrons. The molecule has 1 aliphatic rings. The highest BCUT2D eigenvalue weighted by Gasteiger charge is 2.23. The van der Waals surface area contributed by atoms with E-state index in [0.717, 1.165) is 57.9 Å². The van der Waals surface area contributed by atoms with Gasteiger partial charge in [0.25, 0.3) is 0 Å². The lowest BCUT2D eigenvalue weighted by molar-refractivity contribution is -0.140. The lowest BCUT2D eigenvalue weighted by Crippen LogP contribution is -2.13. The van der Waals surface area contributed by atoms with E-state index in [2.05, 4.69) is 63.4 Å². The third kappa shape index (κ3) is 13.1. The Kier molecular flexibility index (Phi) is 18.2. The van der Waals surface area contributed by atoms with Crippen LogP contribution in [0.4, 0.5) is 0 Å². The molecule has 0 spiro atoms. The molecule has 1 fully saturated rings. The number of unbranched alkanes of at least 4 members (excludes halogenated alkanes) is 2. The quantitative estimate of drug-likeness (QED) is 0.0557. The molecule has 8 nitrogen and oxygen atoms in total. The highest BCUT2D eigenvalue weighted by molar-refractivity contribution is 5.87. The van der Waals surface area contributed by atoms with Crippen molar-refractivity contribution in [1.82, 2.24) is 0 Å². The van der Waals surface area contributed by atoms with Crippen LogP contribution >= 0.6 is 0 Å². The van der Waals surface area contributed by atoms with Crippen LogP contribution in [0.2, 0.25) is 0 Å². The molecule has 0 aromatic heterocycles. The van der Waals surface area contributed by atoms with E-state index in [1.807, 2.05) is 12.1 Å². The number of benzene rings is 3. The molecule has 0 unspecified atom stereocenters. The summed E-state index contributed by atoms with van der Waals surface area (Å²) in [5, 5.41) is 19.3. The lowest BCUT2D eigenvalue weighted by atomic mass is 9.76. The van der Waals surface area contributed by atoms with E-state index in [0.29, 0.717) is 48.5 Å². The summed E-state index contributed by atoms with van der Waals surface area (Å²) < 4.78 is 23.2. The van der Waals surface area contributed by atoms with E-state index in [1.54, 1.807) is 13.8 Å². The predicted molar refractivity (Wildman–Crippen MR) is 224 cm³/mol. The number of rotatable bonds is 23. The van der Waals surface area contributed by atoms with Crippen molar-refractivity contribution in [3.05, 3.63) is 95.1 Å².